The maximum atomic E-state index is 11.2. The van der Waals surface area contributed by atoms with Crippen molar-refractivity contribution in [2.75, 3.05) is 6.61 Å². The van der Waals surface area contributed by atoms with Crippen molar-refractivity contribution < 1.29 is 19.5 Å². The molecule has 2 atom stereocenters. The van der Waals surface area contributed by atoms with Gasteiger partial charge in [0, 0.05) is 24.0 Å². The number of aliphatic carboxylic acids is 1. The molecule has 0 radical (unpaired) electrons. The Kier molecular flexibility index (Phi) is 6.63. The van der Waals surface area contributed by atoms with Crippen molar-refractivity contribution in [3.63, 3.8) is 0 Å². The molecule has 5 heteroatoms. The lowest BCUT2D eigenvalue weighted by Gasteiger charge is -2.22. The third-order valence-electron chi connectivity index (χ3n) is 4.81. The molecule has 1 aliphatic carbocycles. The molecule has 1 heterocycles. The van der Waals surface area contributed by atoms with Crippen LogP contribution in [0.15, 0.2) is 4.52 Å². The zero-order chi connectivity index (χ0) is 16.8. The van der Waals surface area contributed by atoms with Crippen molar-refractivity contribution in [2.24, 2.45) is 5.92 Å². The van der Waals surface area contributed by atoms with E-state index in [0.717, 1.165) is 42.7 Å². The monoisotopic (exact) mass is 323 g/mol. The Morgan fingerprint density at radius 3 is 2.83 bits per heavy atom. The van der Waals surface area contributed by atoms with E-state index in [9.17, 15) is 4.79 Å². The average molecular weight is 323 g/mol. The molecule has 2 rings (SSSR count). The number of carbonyl (C=O) groups is 1. The molecule has 0 bridgehead atoms. The molecule has 1 aromatic heterocycles. The fourth-order valence-electron chi connectivity index (χ4n) is 3.58. The van der Waals surface area contributed by atoms with Gasteiger partial charge in [0.15, 0.2) is 0 Å². The molecule has 1 aromatic rings. The Labute approximate surface area is 138 Å². The zero-order valence-corrected chi connectivity index (χ0v) is 14.3. The molecule has 0 saturated heterocycles. The van der Waals surface area contributed by atoms with Crippen molar-refractivity contribution in [1.82, 2.24) is 5.16 Å². The van der Waals surface area contributed by atoms with Crippen LogP contribution in [0.3, 0.4) is 0 Å². The fraction of sp³-hybridized carbons (Fsp3) is 0.778. The fourth-order valence-corrected chi connectivity index (χ4v) is 3.58. The van der Waals surface area contributed by atoms with Gasteiger partial charge in [-0.05, 0) is 44.4 Å². The van der Waals surface area contributed by atoms with Crippen molar-refractivity contribution in [3.05, 3.63) is 17.0 Å². The summed E-state index contributed by atoms with van der Waals surface area (Å²) in [6.07, 6.45) is 6.74. The summed E-state index contributed by atoms with van der Waals surface area (Å²) in [6, 6.07) is 0. The van der Waals surface area contributed by atoms with Crippen LogP contribution in [0.5, 0.6) is 0 Å². The molecule has 0 spiro atoms. The third-order valence-corrected chi connectivity index (χ3v) is 4.81. The largest absolute Gasteiger partial charge is 0.481 e. The Bertz CT molecular complexity index is 509. The lowest BCUT2D eigenvalue weighted by Crippen LogP contribution is -2.13. The van der Waals surface area contributed by atoms with E-state index in [0.29, 0.717) is 24.7 Å². The summed E-state index contributed by atoms with van der Waals surface area (Å²) >= 11 is 0. The van der Waals surface area contributed by atoms with Gasteiger partial charge in [0.05, 0.1) is 12.1 Å². The van der Waals surface area contributed by atoms with E-state index in [2.05, 4.69) is 19.0 Å². The Morgan fingerprint density at radius 2 is 2.17 bits per heavy atom. The number of nitrogens with zero attached hydrogens (tertiary/aromatic N) is 1. The van der Waals surface area contributed by atoms with E-state index in [1.165, 1.54) is 6.42 Å². The van der Waals surface area contributed by atoms with Crippen LogP contribution in [0.2, 0.25) is 0 Å². The van der Waals surface area contributed by atoms with Crippen molar-refractivity contribution in [3.8, 4) is 0 Å². The minimum absolute atomic E-state index is 0.0512. The van der Waals surface area contributed by atoms with E-state index in [1.54, 1.807) is 0 Å². The highest BCUT2D eigenvalue weighted by Gasteiger charge is 2.31. The van der Waals surface area contributed by atoms with Gasteiger partial charge < -0.3 is 14.7 Å². The van der Waals surface area contributed by atoms with E-state index < -0.39 is 5.97 Å². The molecule has 5 nitrogen and oxygen atoms in total. The number of fused-ring (bicyclic) bond motifs is 1. The third kappa shape index (κ3) is 4.80. The first-order valence-electron chi connectivity index (χ1n) is 8.83. The van der Waals surface area contributed by atoms with Crippen molar-refractivity contribution >= 4 is 5.97 Å². The SMILES string of the molecule is CC(C)CCC1CCCc2c([C@@H](CCCO)CC(=O)O)noc21. The Morgan fingerprint density at radius 1 is 1.39 bits per heavy atom. The predicted octanol–water partition coefficient (Wildman–Crippen LogP) is 3.86. The van der Waals surface area contributed by atoms with Crippen molar-refractivity contribution in [1.29, 1.82) is 0 Å². The first-order chi connectivity index (χ1) is 11.0. The van der Waals surface area contributed by atoms with Crippen LogP contribution in [0.4, 0.5) is 0 Å². The Hall–Kier alpha value is -1.36. The molecule has 130 valence electrons. The number of hydrogen-bond acceptors (Lipinski definition) is 4. The molecule has 0 aromatic carbocycles. The second-order valence-corrected chi connectivity index (χ2v) is 7.13. The van der Waals surface area contributed by atoms with E-state index in [4.69, 9.17) is 14.7 Å². The van der Waals surface area contributed by atoms with Gasteiger partial charge in [-0.15, -0.1) is 0 Å². The van der Waals surface area contributed by atoms with Crippen LogP contribution in [0, 0.1) is 5.92 Å². The minimum atomic E-state index is -0.822. The van der Waals surface area contributed by atoms with Gasteiger partial charge in [-0.1, -0.05) is 25.4 Å². The number of rotatable bonds is 9. The summed E-state index contributed by atoms with van der Waals surface area (Å²) in [6.45, 7) is 4.54. The van der Waals surface area contributed by atoms with Gasteiger partial charge in [-0.3, -0.25) is 4.79 Å². The smallest absolute Gasteiger partial charge is 0.304 e. The molecule has 2 N–H and O–H groups in total. The maximum absolute atomic E-state index is 11.2. The summed E-state index contributed by atoms with van der Waals surface area (Å²) < 4.78 is 5.67. The van der Waals surface area contributed by atoms with Crippen LogP contribution in [0.25, 0.3) is 0 Å². The summed E-state index contributed by atoms with van der Waals surface area (Å²) in [5.74, 6) is 1.11. The maximum Gasteiger partial charge on any atom is 0.304 e. The minimum Gasteiger partial charge on any atom is -0.481 e. The highest BCUT2D eigenvalue weighted by molar-refractivity contribution is 5.68. The molecule has 1 aliphatic rings. The summed E-state index contributed by atoms with van der Waals surface area (Å²) in [5.41, 5.74) is 1.97. The normalized spacial score (nSPS) is 18.9. The quantitative estimate of drug-likeness (QED) is 0.721. The van der Waals surface area contributed by atoms with Gasteiger partial charge in [-0.25, -0.2) is 0 Å². The molecule has 0 fully saturated rings. The topological polar surface area (TPSA) is 83.6 Å². The predicted molar refractivity (Wildman–Crippen MR) is 87.6 cm³/mol. The molecule has 0 aliphatic heterocycles. The van der Waals surface area contributed by atoms with E-state index in [1.807, 2.05) is 0 Å². The summed E-state index contributed by atoms with van der Waals surface area (Å²) in [5, 5.41) is 22.5. The summed E-state index contributed by atoms with van der Waals surface area (Å²) in [4.78, 5) is 11.2. The van der Waals surface area contributed by atoms with Gasteiger partial charge in [0.2, 0.25) is 0 Å². The Balaban J connectivity index is 2.18. The molecule has 1 unspecified atom stereocenters. The highest BCUT2D eigenvalue weighted by Crippen LogP contribution is 2.40. The number of hydrogen-bond donors (Lipinski definition) is 2. The van der Waals surface area contributed by atoms with Crippen LogP contribution in [-0.2, 0) is 11.2 Å². The molecule has 0 amide bonds. The highest BCUT2D eigenvalue weighted by atomic mass is 16.5. The van der Waals surface area contributed by atoms with Crippen LogP contribution >= 0.6 is 0 Å². The molecule has 23 heavy (non-hydrogen) atoms. The number of carboxylic acid groups (broad SMARTS) is 1. The van der Waals surface area contributed by atoms with Crippen LogP contribution < -0.4 is 0 Å². The number of aliphatic hydroxyl groups excluding tert-OH is 1. The lowest BCUT2D eigenvalue weighted by atomic mass is 9.81. The van der Waals surface area contributed by atoms with Gasteiger partial charge >= 0.3 is 5.97 Å². The van der Waals surface area contributed by atoms with E-state index in [-0.39, 0.29) is 18.9 Å². The first kappa shape index (κ1) is 18.0. The van der Waals surface area contributed by atoms with Crippen molar-refractivity contribution in [2.45, 2.75) is 77.0 Å². The average Bonchev–Trinajstić information content (AvgIpc) is 2.93. The second kappa shape index (κ2) is 8.48. The number of aromatic nitrogens is 1. The second-order valence-electron chi connectivity index (χ2n) is 7.13. The summed E-state index contributed by atoms with van der Waals surface area (Å²) in [7, 11) is 0. The van der Waals surface area contributed by atoms with Crippen LogP contribution in [0.1, 0.15) is 87.6 Å². The molecular weight excluding hydrogens is 294 g/mol. The van der Waals surface area contributed by atoms with E-state index >= 15 is 0 Å². The van der Waals surface area contributed by atoms with Gasteiger partial charge in [0.25, 0.3) is 0 Å². The first-order valence-corrected chi connectivity index (χ1v) is 8.83. The van der Waals surface area contributed by atoms with Gasteiger partial charge in [-0.2, -0.15) is 0 Å². The standard InChI is InChI=1S/C18H29NO4/c1-12(2)8-9-13-5-3-7-15-17(19-23-18(13)15)14(6-4-10-20)11-16(21)22/h12-14,20H,3-11H2,1-2H3,(H,21,22)/t13?,14-/m0/s1. The zero-order valence-electron chi connectivity index (χ0n) is 14.3. The molecule has 0 saturated carbocycles. The van der Waals surface area contributed by atoms with Crippen LogP contribution in [-0.4, -0.2) is 27.9 Å². The van der Waals surface area contributed by atoms with Gasteiger partial charge in [0.1, 0.15) is 5.76 Å². The number of carboxylic acids is 1. The lowest BCUT2D eigenvalue weighted by molar-refractivity contribution is -0.137. The number of aliphatic hydroxyl groups is 1. The molecular formula is C18H29NO4.